The lowest BCUT2D eigenvalue weighted by atomic mass is 9.93. The summed E-state index contributed by atoms with van der Waals surface area (Å²) < 4.78 is 19.4. The van der Waals surface area contributed by atoms with E-state index in [1.807, 2.05) is 19.1 Å². The standard InChI is InChI=1S/C21H21FN4O2/c1-11-13(8-18(28-11)21(2,3)4)17-9-19(26-25-17)23-10-15-14-7-12(22)5-6-16(14)24-20(15)27/h5-10H,1-4H3,(H,24,27)(H2,23,25,26). The maximum absolute atomic E-state index is 13.5. The molecule has 0 fully saturated rings. The highest BCUT2D eigenvalue weighted by Crippen LogP contribution is 2.34. The van der Waals surface area contributed by atoms with Crippen LogP contribution in [0.1, 0.15) is 37.9 Å². The topological polar surface area (TPSA) is 83.0 Å². The quantitative estimate of drug-likeness (QED) is 0.569. The number of aryl methyl sites for hydroxylation is 1. The van der Waals surface area contributed by atoms with Crippen LogP contribution in [0.4, 0.5) is 15.9 Å². The van der Waals surface area contributed by atoms with Gasteiger partial charge in [0.25, 0.3) is 5.91 Å². The zero-order valence-corrected chi connectivity index (χ0v) is 16.1. The molecule has 6 nitrogen and oxygen atoms in total. The number of fused-ring (bicyclic) bond motifs is 1. The molecule has 1 aromatic carbocycles. The van der Waals surface area contributed by atoms with Crippen LogP contribution in [-0.4, -0.2) is 16.1 Å². The SMILES string of the molecule is Cc1oc(C(C)(C)C)cc1-c1cc(NC=C2C(=O)Nc3ccc(F)cc32)[nH]n1. The van der Waals surface area contributed by atoms with Gasteiger partial charge in [0.15, 0.2) is 0 Å². The number of aromatic amines is 1. The summed E-state index contributed by atoms with van der Waals surface area (Å²) in [6.07, 6.45) is 1.54. The van der Waals surface area contributed by atoms with Crippen LogP contribution in [0.25, 0.3) is 16.8 Å². The van der Waals surface area contributed by atoms with Gasteiger partial charge in [-0.15, -0.1) is 0 Å². The minimum absolute atomic E-state index is 0.0939. The maximum atomic E-state index is 13.5. The summed E-state index contributed by atoms with van der Waals surface area (Å²) in [4.78, 5) is 12.2. The normalized spacial score (nSPS) is 15.0. The number of nitrogens with one attached hydrogen (secondary N) is 3. The Hall–Kier alpha value is -3.35. The van der Waals surface area contributed by atoms with Crippen molar-refractivity contribution in [3.05, 3.63) is 59.4 Å². The lowest BCUT2D eigenvalue weighted by Gasteiger charge is -2.13. The van der Waals surface area contributed by atoms with E-state index in [0.29, 0.717) is 22.6 Å². The molecular formula is C21H21FN4O2. The van der Waals surface area contributed by atoms with Crippen molar-refractivity contribution >= 4 is 23.0 Å². The Kier molecular flexibility index (Phi) is 4.10. The minimum Gasteiger partial charge on any atom is -0.465 e. The molecule has 0 saturated heterocycles. The summed E-state index contributed by atoms with van der Waals surface area (Å²) in [6.45, 7) is 8.17. The van der Waals surface area contributed by atoms with E-state index < -0.39 is 5.82 Å². The number of amides is 1. The predicted octanol–water partition coefficient (Wildman–Crippen LogP) is 4.82. The molecule has 0 spiro atoms. The molecule has 0 atom stereocenters. The highest BCUT2D eigenvalue weighted by Gasteiger charge is 2.25. The average Bonchev–Trinajstić information content (AvgIpc) is 3.29. The zero-order valence-electron chi connectivity index (χ0n) is 16.1. The van der Waals surface area contributed by atoms with Crippen LogP contribution in [0.5, 0.6) is 0 Å². The Bertz CT molecular complexity index is 1100. The average molecular weight is 380 g/mol. The van der Waals surface area contributed by atoms with Crippen molar-refractivity contribution in [3.63, 3.8) is 0 Å². The molecule has 3 N–H and O–H groups in total. The number of hydrogen-bond donors (Lipinski definition) is 3. The first-order valence-electron chi connectivity index (χ1n) is 8.97. The number of nitrogens with zero attached hydrogens (tertiary/aromatic N) is 1. The molecule has 28 heavy (non-hydrogen) atoms. The van der Waals surface area contributed by atoms with E-state index in [4.69, 9.17) is 4.42 Å². The predicted molar refractivity (Wildman–Crippen MR) is 106 cm³/mol. The van der Waals surface area contributed by atoms with Gasteiger partial charge in [-0.3, -0.25) is 9.89 Å². The summed E-state index contributed by atoms with van der Waals surface area (Å²) in [5.74, 6) is 1.61. The Balaban J connectivity index is 1.59. The monoisotopic (exact) mass is 380 g/mol. The largest absolute Gasteiger partial charge is 0.465 e. The van der Waals surface area contributed by atoms with Crippen molar-refractivity contribution in [2.45, 2.75) is 33.1 Å². The van der Waals surface area contributed by atoms with Gasteiger partial charge in [0.2, 0.25) is 0 Å². The van der Waals surface area contributed by atoms with Crippen molar-refractivity contribution in [1.29, 1.82) is 0 Å². The van der Waals surface area contributed by atoms with Crippen LogP contribution < -0.4 is 10.6 Å². The lowest BCUT2D eigenvalue weighted by Crippen LogP contribution is -2.09. The van der Waals surface area contributed by atoms with E-state index in [9.17, 15) is 9.18 Å². The van der Waals surface area contributed by atoms with E-state index in [1.54, 1.807) is 12.3 Å². The fraction of sp³-hybridized carbons (Fsp3) is 0.238. The van der Waals surface area contributed by atoms with Gasteiger partial charge in [0.05, 0.1) is 11.3 Å². The van der Waals surface area contributed by atoms with Crippen LogP contribution >= 0.6 is 0 Å². The molecular weight excluding hydrogens is 359 g/mol. The van der Waals surface area contributed by atoms with Gasteiger partial charge in [-0.2, -0.15) is 5.10 Å². The van der Waals surface area contributed by atoms with E-state index in [2.05, 4.69) is 41.6 Å². The van der Waals surface area contributed by atoms with Crippen LogP contribution in [0.15, 0.2) is 40.9 Å². The first kappa shape index (κ1) is 18.0. The van der Waals surface area contributed by atoms with Crippen molar-refractivity contribution in [2.75, 3.05) is 10.6 Å². The van der Waals surface area contributed by atoms with Gasteiger partial charge in [0.1, 0.15) is 23.2 Å². The minimum atomic E-state index is -0.393. The molecule has 7 heteroatoms. The van der Waals surface area contributed by atoms with Gasteiger partial charge >= 0.3 is 0 Å². The van der Waals surface area contributed by atoms with E-state index in [1.165, 1.54) is 12.1 Å². The molecule has 0 saturated carbocycles. The number of furan rings is 1. The highest BCUT2D eigenvalue weighted by molar-refractivity contribution is 6.31. The Labute approximate surface area is 161 Å². The molecule has 0 unspecified atom stereocenters. The van der Waals surface area contributed by atoms with E-state index >= 15 is 0 Å². The number of rotatable bonds is 3. The molecule has 144 valence electrons. The van der Waals surface area contributed by atoms with Gasteiger partial charge in [-0.05, 0) is 31.2 Å². The second-order valence-electron chi connectivity index (χ2n) is 7.84. The van der Waals surface area contributed by atoms with Crippen LogP contribution in [0.3, 0.4) is 0 Å². The van der Waals surface area contributed by atoms with Crippen molar-refractivity contribution in [1.82, 2.24) is 10.2 Å². The molecule has 1 amide bonds. The molecule has 0 radical (unpaired) electrons. The lowest BCUT2D eigenvalue weighted by molar-refractivity contribution is -0.110. The number of carbonyl (C=O) groups excluding carboxylic acids is 1. The highest BCUT2D eigenvalue weighted by atomic mass is 19.1. The molecule has 1 aliphatic rings. The third-order valence-corrected chi connectivity index (χ3v) is 4.65. The number of benzene rings is 1. The van der Waals surface area contributed by atoms with Gasteiger partial charge in [-0.25, -0.2) is 4.39 Å². The zero-order chi connectivity index (χ0) is 20.1. The molecule has 1 aliphatic heterocycles. The number of halogens is 1. The molecule has 3 heterocycles. The number of hydrogen-bond acceptors (Lipinski definition) is 4. The molecule has 0 aliphatic carbocycles. The van der Waals surface area contributed by atoms with Gasteiger partial charge < -0.3 is 15.1 Å². The van der Waals surface area contributed by atoms with Crippen LogP contribution in [-0.2, 0) is 10.2 Å². The first-order chi connectivity index (χ1) is 13.2. The summed E-state index contributed by atoms with van der Waals surface area (Å²) in [7, 11) is 0. The molecule has 4 rings (SSSR count). The second-order valence-corrected chi connectivity index (χ2v) is 7.84. The molecule has 3 aromatic rings. The van der Waals surface area contributed by atoms with Crippen LogP contribution in [0.2, 0.25) is 0 Å². The smallest absolute Gasteiger partial charge is 0.257 e. The van der Waals surface area contributed by atoms with Gasteiger partial charge in [-0.1, -0.05) is 20.8 Å². The molecule has 2 aromatic heterocycles. The number of anilines is 2. The van der Waals surface area contributed by atoms with Crippen molar-refractivity contribution < 1.29 is 13.6 Å². The fourth-order valence-electron chi connectivity index (χ4n) is 3.09. The fourth-order valence-corrected chi connectivity index (χ4v) is 3.09. The summed E-state index contributed by atoms with van der Waals surface area (Å²) in [5.41, 5.74) is 3.03. The Morgan fingerprint density at radius 1 is 1.18 bits per heavy atom. The van der Waals surface area contributed by atoms with E-state index in [0.717, 1.165) is 22.8 Å². The Morgan fingerprint density at radius 3 is 2.68 bits per heavy atom. The number of H-pyrrole nitrogens is 1. The second kappa shape index (κ2) is 6.37. The molecule has 0 bridgehead atoms. The van der Waals surface area contributed by atoms with E-state index in [-0.39, 0.29) is 11.3 Å². The maximum Gasteiger partial charge on any atom is 0.257 e. The number of aromatic nitrogens is 2. The van der Waals surface area contributed by atoms with Crippen molar-refractivity contribution in [3.8, 4) is 11.3 Å². The van der Waals surface area contributed by atoms with Crippen LogP contribution in [0, 0.1) is 12.7 Å². The van der Waals surface area contributed by atoms with Crippen molar-refractivity contribution in [2.24, 2.45) is 0 Å². The third-order valence-electron chi connectivity index (χ3n) is 4.65. The summed E-state index contributed by atoms with van der Waals surface area (Å²) in [6, 6.07) is 8.03. The summed E-state index contributed by atoms with van der Waals surface area (Å²) >= 11 is 0. The first-order valence-corrected chi connectivity index (χ1v) is 8.97. The number of carbonyl (C=O) groups is 1. The van der Waals surface area contributed by atoms with Gasteiger partial charge in [0, 0.05) is 34.5 Å². The summed E-state index contributed by atoms with van der Waals surface area (Å²) in [5, 5.41) is 13.0. The Morgan fingerprint density at radius 2 is 1.96 bits per heavy atom. The third kappa shape index (κ3) is 3.19.